The summed E-state index contributed by atoms with van der Waals surface area (Å²) in [5, 5.41) is 3.17. The van der Waals surface area contributed by atoms with E-state index in [1.807, 2.05) is 30.3 Å². The van der Waals surface area contributed by atoms with Gasteiger partial charge in [0.2, 0.25) is 5.95 Å². The topological polar surface area (TPSA) is 63.8 Å². The van der Waals surface area contributed by atoms with Gasteiger partial charge in [-0.05, 0) is 31.4 Å². The first-order valence-corrected chi connectivity index (χ1v) is 5.80. The second kappa shape index (κ2) is 4.05. The number of nitrogens with one attached hydrogen (secondary N) is 1. The summed E-state index contributed by atoms with van der Waals surface area (Å²) in [5.74, 6) is 1.21. The molecule has 0 bridgehead atoms. The third-order valence-electron chi connectivity index (χ3n) is 3.00. The fourth-order valence-electron chi connectivity index (χ4n) is 2.17. The van der Waals surface area contributed by atoms with Gasteiger partial charge in [-0.2, -0.15) is 4.98 Å². The summed E-state index contributed by atoms with van der Waals surface area (Å²) >= 11 is 0. The molecule has 1 aliphatic carbocycles. The zero-order valence-electron chi connectivity index (χ0n) is 9.48. The van der Waals surface area contributed by atoms with E-state index in [2.05, 4.69) is 15.3 Å². The largest absolute Gasteiger partial charge is 0.383 e. The first kappa shape index (κ1) is 10.1. The molecule has 3 N–H and O–H groups in total. The van der Waals surface area contributed by atoms with E-state index in [-0.39, 0.29) is 0 Å². The van der Waals surface area contributed by atoms with Crippen molar-refractivity contribution in [3.8, 4) is 0 Å². The average Bonchev–Trinajstić information content (AvgIpc) is 2.79. The number of rotatable bonds is 2. The van der Waals surface area contributed by atoms with Crippen LogP contribution in [0.4, 0.5) is 17.5 Å². The molecule has 1 aliphatic rings. The number of aromatic nitrogens is 2. The molecule has 0 radical (unpaired) electrons. The Hall–Kier alpha value is -2.10. The van der Waals surface area contributed by atoms with Crippen LogP contribution in [-0.4, -0.2) is 9.97 Å². The molecule has 0 saturated carbocycles. The number of nitrogens with zero attached hydrogens (tertiary/aromatic N) is 2. The summed E-state index contributed by atoms with van der Waals surface area (Å²) in [6, 6.07) is 9.88. The molecule has 0 amide bonds. The molecule has 4 nitrogen and oxygen atoms in total. The van der Waals surface area contributed by atoms with E-state index in [9.17, 15) is 0 Å². The van der Waals surface area contributed by atoms with Crippen LogP contribution in [0.15, 0.2) is 30.3 Å². The second-order valence-corrected chi connectivity index (χ2v) is 4.20. The Bertz CT molecular complexity index is 537. The molecule has 0 atom stereocenters. The van der Waals surface area contributed by atoms with Gasteiger partial charge in [0.15, 0.2) is 0 Å². The van der Waals surface area contributed by atoms with Gasteiger partial charge in [-0.3, -0.25) is 0 Å². The average molecular weight is 226 g/mol. The molecule has 86 valence electrons. The van der Waals surface area contributed by atoms with E-state index >= 15 is 0 Å². The van der Waals surface area contributed by atoms with Gasteiger partial charge in [0.1, 0.15) is 5.82 Å². The molecule has 0 unspecified atom stereocenters. The highest BCUT2D eigenvalue weighted by molar-refractivity contribution is 5.56. The molecular formula is C13H14N4. The highest BCUT2D eigenvalue weighted by atomic mass is 15.1. The van der Waals surface area contributed by atoms with Crippen LogP contribution in [0.2, 0.25) is 0 Å². The monoisotopic (exact) mass is 226 g/mol. The maximum atomic E-state index is 5.94. The van der Waals surface area contributed by atoms with Crippen molar-refractivity contribution in [3.05, 3.63) is 41.6 Å². The smallest absolute Gasteiger partial charge is 0.229 e. The van der Waals surface area contributed by atoms with Crippen molar-refractivity contribution in [1.82, 2.24) is 9.97 Å². The van der Waals surface area contributed by atoms with E-state index in [1.165, 1.54) is 0 Å². The van der Waals surface area contributed by atoms with Crippen molar-refractivity contribution in [2.24, 2.45) is 0 Å². The van der Waals surface area contributed by atoms with E-state index in [4.69, 9.17) is 5.73 Å². The number of hydrogen-bond donors (Lipinski definition) is 2. The van der Waals surface area contributed by atoms with Gasteiger partial charge in [0.25, 0.3) is 0 Å². The summed E-state index contributed by atoms with van der Waals surface area (Å²) in [6.45, 7) is 0. The summed E-state index contributed by atoms with van der Waals surface area (Å²) in [5.41, 5.74) is 9.13. The molecule has 0 saturated heterocycles. The molecule has 1 heterocycles. The fourth-order valence-corrected chi connectivity index (χ4v) is 2.17. The minimum Gasteiger partial charge on any atom is -0.383 e. The van der Waals surface area contributed by atoms with Crippen LogP contribution in [0.5, 0.6) is 0 Å². The minimum atomic E-state index is 0.592. The predicted molar refractivity (Wildman–Crippen MR) is 68.2 cm³/mol. The lowest BCUT2D eigenvalue weighted by atomic mass is 10.2. The third kappa shape index (κ3) is 1.93. The molecule has 1 aromatic heterocycles. The Morgan fingerprint density at radius 1 is 1.06 bits per heavy atom. The molecule has 0 fully saturated rings. The molecule has 2 aromatic rings. The van der Waals surface area contributed by atoms with Crippen molar-refractivity contribution < 1.29 is 0 Å². The highest BCUT2D eigenvalue weighted by Crippen LogP contribution is 2.26. The van der Waals surface area contributed by atoms with Crippen LogP contribution in [0, 0.1) is 0 Å². The van der Waals surface area contributed by atoms with Crippen LogP contribution >= 0.6 is 0 Å². The molecular weight excluding hydrogens is 212 g/mol. The van der Waals surface area contributed by atoms with Crippen LogP contribution in [0.1, 0.15) is 17.7 Å². The zero-order chi connectivity index (χ0) is 11.7. The number of para-hydroxylation sites is 1. The number of aryl methyl sites for hydroxylation is 1. The SMILES string of the molecule is Nc1nc(Nc2ccccc2)nc2c1CCC2. The summed E-state index contributed by atoms with van der Waals surface area (Å²) < 4.78 is 0. The minimum absolute atomic E-state index is 0.592. The Morgan fingerprint density at radius 2 is 1.88 bits per heavy atom. The lowest BCUT2D eigenvalue weighted by molar-refractivity contribution is 0.900. The molecule has 3 rings (SSSR count). The number of benzene rings is 1. The van der Waals surface area contributed by atoms with Gasteiger partial charge < -0.3 is 11.1 Å². The van der Waals surface area contributed by atoms with E-state index in [0.717, 1.165) is 36.2 Å². The number of fused-ring (bicyclic) bond motifs is 1. The van der Waals surface area contributed by atoms with E-state index < -0.39 is 0 Å². The van der Waals surface area contributed by atoms with Crippen LogP contribution in [-0.2, 0) is 12.8 Å². The van der Waals surface area contributed by atoms with Gasteiger partial charge in [-0.25, -0.2) is 4.98 Å². The van der Waals surface area contributed by atoms with Crippen LogP contribution in [0.25, 0.3) is 0 Å². The molecule has 4 heteroatoms. The molecule has 1 aromatic carbocycles. The summed E-state index contributed by atoms with van der Waals surface area (Å²) in [7, 11) is 0. The first-order valence-electron chi connectivity index (χ1n) is 5.80. The lowest BCUT2D eigenvalue weighted by Gasteiger charge is -2.08. The predicted octanol–water partition coefficient (Wildman–Crippen LogP) is 2.29. The van der Waals surface area contributed by atoms with Crippen LogP contribution in [0.3, 0.4) is 0 Å². The second-order valence-electron chi connectivity index (χ2n) is 4.20. The number of nitrogen functional groups attached to an aromatic ring is 1. The van der Waals surface area contributed by atoms with Gasteiger partial charge in [-0.1, -0.05) is 18.2 Å². The standard InChI is InChI=1S/C13H14N4/c14-12-10-7-4-8-11(10)16-13(17-12)15-9-5-2-1-3-6-9/h1-3,5-6H,4,7-8H2,(H3,14,15,16,17). The quantitative estimate of drug-likeness (QED) is 0.824. The Labute approximate surface area is 99.9 Å². The van der Waals surface area contributed by atoms with Crippen molar-refractivity contribution in [1.29, 1.82) is 0 Å². The lowest BCUT2D eigenvalue weighted by Crippen LogP contribution is -2.05. The van der Waals surface area contributed by atoms with Crippen molar-refractivity contribution >= 4 is 17.5 Å². The van der Waals surface area contributed by atoms with Crippen molar-refractivity contribution in [2.75, 3.05) is 11.1 Å². The maximum Gasteiger partial charge on any atom is 0.229 e. The Kier molecular flexibility index (Phi) is 2.40. The van der Waals surface area contributed by atoms with Gasteiger partial charge >= 0.3 is 0 Å². The van der Waals surface area contributed by atoms with Crippen molar-refractivity contribution in [3.63, 3.8) is 0 Å². The van der Waals surface area contributed by atoms with Crippen LogP contribution < -0.4 is 11.1 Å². The fraction of sp³-hybridized carbons (Fsp3) is 0.231. The maximum absolute atomic E-state index is 5.94. The van der Waals surface area contributed by atoms with Gasteiger partial charge in [0, 0.05) is 11.3 Å². The van der Waals surface area contributed by atoms with Gasteiger partial charge in [-0.15, -0.1) is 0 Å². The summed E-state index contributed by atoms with van der Waals surface area (Å²) in [6.07, 6.45) is 3.14. The number of anilines is 3. The Morgan fingerprint density at radius 3 is 2.71 bits per heavy atom. The molecule has 17 heavy (non-hydrogen) atoms. The normalized spacial score (nSPS) is 13.4. The highest BCUT2D eigenvalue weighted by Gasteiger charge is 2.17. The van der Waals surface area contributed by atoms with E-state index in [0.29, 0.717) is 11.8 Å². The van der Waals surface area contributed by atoms with E-state index in [1.54, 1.807) is 0 Å². The Balaban J connectivity index is 1.92. The molecule has 0 aliphatic heterocycles. The summed E-state index contributed by atoms with van der Waals surface area (Å²) in [4.78, 5) is 8.80. The number of hydrogen-bond acceptors (Lipinski definition) is 4. The third-order valence-corrected chi connectivity index (χ3v) is 3.00. The van der Waals surface area contributed by atoms with Crippen molar-refractivity contribution in [2.45, 2.75) is 19.3 Å². The molecule has 0 spiro atoms. The zero-order valence-corrected chi connectivity index (χ0v) is 9.48. The van der Waals surface area contributed by atoms with Gasteiger partial charge in [0.05, 0.1) is 5.69 Å². The number of nitrogens with two attached hydrogens (primary N) is 1. The first-order chi connectivity index (χ1) is 8.33.